The van der Waals surface area contributed by atoms with Crippen LogP contribution in [0.4, 0.5) is 13.2 Å². The molecule has 3 nitrogen and oxygen atoms in total. The SMILES string of the molecule is CC(=O)NCCOc1ccc(SC(F)(F)F)cc1. The number of nitrogens with one attached hydrogen (secondary N) is 1. The van der Waals surface area contributed by atoms with E-state index in [0.717, 1.165) is 0 Å². The van der Waals surface area contributed by atoms with Crippen LogP contribution in [0.5, 0.6) is 5.75 Å². The van der Waals surface area contributed by atoms with Crippen molar-refractivity contribution in [3.63, 3.8) is 0 Å². The van der Waals surface area contributed by atoms with Gasteiger partial charge in [-0.2, -0.15) is 13.2 Å². The van der Waals surface area contributed by atoms with Gasteiger partial charge in [-0.3, -0.25) is 4.79 Å². The van der Waals surface area contributed by atoms with Gasteiger partial charge in [0.1, 0.15) is 12.4 Å². The molecule has 18 heavy (non-hydrogen) atoms. The average molecular weight is 279 g/mol. The maximum atomic E-state index is 12.1. The molecule has 0 radical (unpaired) electrons. The summed E-state index contributed by atoms with van der Waals surface area (Å²) in [7, 11) is 0. The Morgan fingerprint density at radius 3 is 2.44 bits per heavy atom. The van der Waals surface area contributed by atoms with E-state index in [9.17, 15) is 18.0 Å². The van der Waals surface area contributed by atoms with Gasteiger partial charge >= 0.3 is 5.51 Å². The number of thioether (sulfide) groups is 1. The molecule has 0 saturated heterocycles. The van der Waals surface area contributed by atoms with Crippen molar-refractivity contribution < 1.29 is 22.7 Å². The number of rotatable bonds is 5. The molecule has 0 fully saturated rings. The molecule has 1 aromatic carbocycles. The zero-order valence-corrected chi connectivity index (χ0v) is 10.4. The summed E-state index contributed by atoms with van der Waals surface area (Å²) in [5.41, 5.74) is -4.28. The molecular formula is C11H12F3NO2S. The second kappa shape index (κ2) is 6.53. The number of hydrogen-bond acceptors (Lipinski definition) is 3. The molecule has 0 saturated carbocycles. The van der Waals surface area contributed by atoms with Crippen molar-refractivity contribution in [2.75, 3.05) is 13.2 Å². The highest BCUT2D eigenvalue weighted by Gasteiger charge is 2.28. The lowest BCUT2D eigenvalue weighted by Gasteiger charge is -2.08. The van der Waals surface area contributed by atoms with Crippen molar-refractivity contribution >= 4 is 17.7 Å². The van der Waals surface area contributed by atoms with Crippen LogP contribution in [0.15, 0.2) is 29.2 Å². The smallest absolute Gasteiger partial charge is 0.446 e. The highest BCUT2D eigenvalue weighted by molar-refractivity contribution is 8.00. The van der Waals surface area contributed by atoms with Crippen molar-refractivity contribution in [1.82, 2.24) is 5.32 Å². The maximum Gasteiger partial charge on any atom is 0.446 e. The minimum Gasteiger partial charge on any atom is -0.492 e. The first-order valence-electron chi connectivity index (χ1n) is 5.10. The first kappa shape index (κ1) is 14.7. The highest BCUT2D eigenvalue weighted by Crippen LogP contribution is 2.37. The molecule has 0 atom stereocenters. The van der Waals surface area contributed by atoms with E-state index in [2.05, 4.69) is 5.32 Å². The van der Waals surface area contributed by atoms with Gasteiger partial charge in [0.05, 0.1) is 6.54 Å². The Hall–Kier alpha value is -1.37. The van der Waals surface area contributed by atoms with Crippen LogP contribution >= 0.6 is 11.8 Å². The molecule has 1 amide bonds. The summed E-state index contributed by atoms with van der Waals surface area (Å²) in [6, 6.07) is 5.60. The lowest BCUT2D eigenvalue weighted by Crippen LogP contribution is -2.25. The van der Waals surface area contributed by atoms with E-state index >= 15 is 0 Å². The third-order valence-electron chi connectivity index (χ3n) is 1.80. The monoisotopic (exact) mass is 279 g/mol. The van der Waals surface area contributed by atoms with E-state index in [1.54, 1.807) is 0 Å². The largest absolute Gasteiger partial charge is 0.492 e. The Labute approximate surface area is 107 Å². The molecule has 1 aromatic rings. The number of ether oxygens (including phenoxy) is 1. The van der Waals surface area contributed by atoms with Crippen LogP contribution in [0.3, 0.4) is 0 Å². The van der Waals surface area contributed by atoms with Crippen LogP contribution in [0.2, 0.25) is 0 Å². The van der Waals surface area contributed by atoms with Crippen LogP contribution in [0, 0.1) is 0 Å². The van der Waals surface area contributed by atoms with Crippen molar-refractivity contribution in [1.29, 1.82) is 0 Å². The average Bonchev–Trinajstić information content (AvgIpc) is 2.24. The molecule has 0 aromatic heterocycles. The fraction of sp³-hybridized carbons (Fsp3) is 0.364. The summed E-state index contributed by atoms with van der Waals surface area (Å²) >= 11 is -0.171. The predicted octanol–water partition coefficient (Wildman–Crippen LogP) is 2.81. The van der Waals surface area contributed by atoms with E-state index in [0.29, 0.717) is 12.3 Å². The minimum atomic E-state index is -4.28. The molecule has 0 unspecified atom stereocenters. The van der Waals surface area contributed by atoms with Crippen LogP contribution in [0.25, 0.3) is 0 Å². The van der Waals surface area contributed by atoms with E-state index in [1.807, 2.05) is 0 Å². The summed E-state index contributed by atoms with van der Waals surface area (Å²) < 4.78 is 41.4. The summed E-state index contributed by atoms with van der Waals surface area (Å²) in [6.07, 6.45) is 0. The number of alkyl halides is 3. The second-order valence-corrected chi connectivity index (χ2v) is 4.49. The number of hydrogen-bond donors (Lipinski definition) is 1. The van der Waals surface area contributed by atoms with Gasteiger partial charge in [-0.15, -0.1) is 0 Å². The summed E-state index contributed by atoms with van der Waals surface area (Å²) in [4.78, 5) is 10.7. The lowest BCUT2D eigenvalue weighted by molar-refractivity contribution is -0.119. The predicted molar refractivity (Wildman–Crippen MR) is 62.5 cm³/mol. The molecule has 1 N–H and O–H groups in total. The molecule has 7 heteroatoms. The van der Waals surface area contributed by atoms with Crippen molar-refractivity contribution in [3.05, 3.63) is 24.3 Å². The molecule has 0 spiro atoms. The van der Waals surface area contributed by atoms with Crippen LogP contribution in [-0.2, 0) is 4.79 Å². The second-order valence-electron chi connectivity index (χ2n) is 3.35. The van der Waals surface area contributed by atoms with Gasteiger partial charge in [-0.25, -0.2) is 0 Å². The van der Waals surface area contributed by atoms with Crippen LogP contribution in [0.1, 0.15) is 6.92 Å². The van der Waals surface area contributed by atoms with Gasteiger partial charge < -0.3 is 10.1 Å². The van der Waals surface area contributed by atoms with E-state index in [4.69, 9.17) is 4.74 Å². The molecule has 0 aliphatic carbocycles. The van der Waals surface area contributed by atoms with Crippen molar-refractivity contribution in [2.24, 2.45) is 0 Å². The number of halogens is 3. The Morgan fingerprint density at radius 2 is 1.94 bits per heavy atom. The fourth-order valence-corrected chi connectivity index (χ4v) is 1.67. The maximum absolute atomic E-state index is 12.1. The lowest BCUT2D eigenvalue weighted by atomic mass is 10.3. The fourth-order valence-electron chi connectivity index (χ4n) is 1.13. The van der Waals surface area contributed by atoms with E-state index in [1.165, 1.54) is 31.2 Å². The van der Waals surface area contributed by atoms with Gasteiger partial charge in [0.15, 0.2) is 0 Å². The molecule has 0 aliphatic heterocycles. The molecule has 100 valence electrons. The Balaban J connectivity index is 2.38. The normalized spacial score (nSPS) is 11.1. The Kier molecular flexibility index (Phi) is 5.33. The number of benzene rings is 1. The standard InChI is InChI=1S/C11H12F3NO2S/c1-8(16)15-6-7-17-9-2-4-10(5-3-9)18-11(12,13)14/h2-5H,6-7H2,1H3,(H,15,16). The Bertz CT molecular complexity index is 392. The zero-order valence-electron chi connectivity index (χ0n) is 9.58. The Morgan fingerprint density at radius 1 is 1.33 bits per heavy atom. The molecule has 0 bridgehead atoms. The molecular weight excluding hydrogens is 267 g/mol. The quantitative estimate of drug-likeness (QED) is 0.665. The first-order valence-corrected chi connectivity index (χ1v) is 5.91. The summed E-state index contributed by atoms with van der Waals surface area (Å²) in [5, 5.41) is 2.54. The minimum absolute atomic E-state index is 0.108. The van der Waals surface area contributed by atoms with Gasteiger partial charge in [-0.05, 0) is 36.0 Å². The third-order valence-corrected chi connectivity index (χ3v) is 2.54. The third kappa shape index (κ3) is 6.39. The topological polar surface area (TPSA) is 38.3 Å². The van der Waals surface area contributed by atoms with Gasteiger partial charge in [0.2, 0.25) is 5.91 Å². The van der Waals surface area contributed by atoms with Gasteiger partial charge in [0, 0.05) is 11.8 Å². The molecule has 0 heterocycles. The van der Waals surface area contributed by atoms with Crippen molar-refractivity contribution in [3.8, 4) is 5.75 Å². The molecule has 1 rings (SSSR count). The number of carbonyl (C=O) groups excluding carboxylic acids is 1. The highest BCUT2D eigenvalue weighted by atomic mass is 32.2. The van der Waals surface area contributed by atoms with Gasteiger partial charge in [0.25, 0.3) is 0 Å². The van der Waals surface area contributed by atoms with E-state index < -0.39 is 5.51 Å². The first-order chi connectivity index (χ1) is 8.37. The number of amides is 1. The van der Waals surface area contributed by atoms with Crippen molar-refractivity contribution in [2.45, 2.75) is 17.3 Å². The zero-order chi connectivity index (χ0) is 13.6. The summed E-state index contributed by atoms with van der Waals surface area (Å²) in [5.74, 6) is 0.308. The van der Waals surface area contributed by atoms with Crippen LogP contribution in [-0.4, -0.2) is 24.6 Å². The summed E-state index contributed by atoms with van der Waals surface area (Å²) in [6.45, 7) is 2.02. The molecule has 0 aliphatic rings. The number of carbonyl (C=O) groups is 1. The van der Waals surface area contributed by atoms with E-state index in [-0.39, 0.29) is 29.2 Å². The van der Waals surface area contributed by atoms with Gasteiger partial charge in [-0.1, -0.05) is 0 Å². The van der Waals surface area contributed by atoms with Crippen LogP contribution < -0.4 is 10.1 Å².